The van der Waals surface area contributed by atoms with E-state index in [2.05, 4.69) is 16.0 Å². The van der Waals surface area contributed by atoms with E-state index in [-0.39, 0.29) is 0 Å². The van der Waals surface area contributed by atoms with E-state index in [0.717, 1.165) is 5.57 Å². The maximum Gasteiger partial charge on any atom is 0.249 e. The summed E-state index contributed by atoms with van der Waals surface area (Å²) >= 11 is 0. The first-order valence-corrected chi connectivity index (χ1v) is 6.37. The van der Waals surface area contributed by atoms with Gasteiger partial charge in [0.15, 0.2) is 0 Å². The average Bonchev–Trinajstić information content (AvgIpc) is 2.50. The Kier molecular flexibility index (Phi) is 4.10. The standard InChI is InChI=1S/C16H14N4O/c1-3-19-9-10(2)14-7-13(16(18)21)12-6-4-5-11(8-17)15(12)20-14/h3-7,9H,1-2H3,(H2,18,21)/b10-9+,19-3?. The number of pyridine rings is 1. The van der Waals surface area contributed by atoms with Gasteiger partial charge in [-0.15, -0.1) is 0 Å². The van der Waals surface area contributed by atoms with Gasteiger partial charge in [-0.05, 0) is 31.6 Å². The number of carbonyl (C=O) groups is 1. The Morgan fingerprint density at radius 1 is 1.48 bits per heavy atom. The van der Waals surface area contributed by atoms with Crippen molar-refractivity contribution < 1.29 is 4.79 Å². The second kappa shape index (κ2) is 5.97. The molecule has 0 saturated heterocycles. The Morgan fingerprint density at radius 2 is 2.24 bits per heavy atom. The number of hydrogen-bond donors (Lipinski definition) is 1. The van der Waals surface area contributed by atoms with Gasteiger partial charge in [-0.2, -0.15) is 5.26 Å². The van der Waals surface area contributed by atoms with Gasteiger partial charge < -0.3 is 5.73 Å². The molecule has 2 rings (SSSR count). The topological polar surface area (TPSA) is 92.1 Å². The Balaban J connectivity index is 2.82. The van der Waals surface area contributed by atoms with Gasteiger partial charge in [-0.25, -0.2) is 4.98 Å². The summed E-state index contributed by atoms with van der Waals surface area (Å²) in [5, 5.41) is 9.77. The van der Waals surface area contributed by atoms with Crippen LogP contribution in [0.15, 0.2) is 35.5 Å². The lowest BCUT2D eigenvalue weighted by Crippen LogP contribution is -2.12. The van der Waals surface area contributed by atoms with E-state index in [1.807, 2.05) is 6.92 Å². The van der Waals surface area contributed by atoms with Crippen molar-refractivity contribution in [2.75, 3.05) is 0 Å². The monoisotopic (exact) mass is 278 g/mol. The molecule has 1 aromatic heterocycles. The van der Waals surface area contributed by atoms with Gasteiger partial charge in [0.1, 0.15) is 6.07 Å². The molecule has 21 heavy (non-hydrogen) atoms. The molecule has 0 aliphatic carbocycles. The van der Waals surface area contributed by atoms with Crippen LogP contribution in [0.2, 0.25) is 0 Å². The molecule has 1 heterocycles. The van der Waals surface area contributed by atoms with Crippen LogP contribution < -0.4 is 5.73 Å². The van der Waals surface area contributed by atoms with Crippen LogP contribution in [0.4, 0.5) is 0 Å². The Hall–Kier alpha value is -3.00. The summed E-state index contributed by atoms with van der Waals surface area (Å²) in [5.41, 5.74) is 8.02. The molecule has 2 aromatic rings. The number of allylic oxidation sites excluding steroid dienone is 1. The van der Waals surface area contributed by atoms with E-state index >= 15 is 0 Å². The molecule has 0 radical (unpaired) electrons. The molecule has 0 fully saturated rings. The van der Waals surface area contributed by atoms with E-state index < -0.39 is 5.91 Å². The van der Waals surface area contributed by atoms with E-state index in [9.17, 15) is 10.1 Å². The summed E-state index contributed by atoms with van der Waals surface area (Å²) in [4.78, 5) is 20.2. The maximum absolute atomic E-state index is 11.7. The third-order valence-electron chi connectivity index (χ3n) is 3.05. The van der Waals surface area contributed by atoms with Gasteiger partial charge in [0.2, 0.25) is 5.91 Å². The van der Waals surface area contributed by atoms with Crippen LogP contribution >= 0.6 is 0 Å². The number of aromatic nitrogens is 1. The zero-order valence-electron chi connectivity index (χ0n) is 11.8. The van der Waals surface area contributed by atoms with Crippen molar-refractivity contribution in [1.82, 2.24) is 4.98 Å². The molecule has 0 spiro atoms. The first kappa shape index (κ1) is 14.4. The summed E-state index contributed by atoms with van der Waals surface area (Å²) in [7, 11) is 0. The molecule has 0 aliphatic heterocycles. The third-order valence-corrected chi connectivity index (χ3v) is 3.05. The van der Waals surface area contributed by atoms with Crippen LogP contribution in [0.3, 0.4) is 0 Å². The summed E-state index contributed by atoms with van der Waals surface area (Å²) in [5.74, 6) is -0.550. The number of fused-ring (bicyclic) bond motifs is 1. The number of rotatable bonds is 3. The van der Waals surface area contributed by atoms with Gasteiger partial charge in [0.25, 0.3) is 0 Å². The minimum Gasteiger partial charge on any atom is -0.366 e. The largest absolute Gasteiger partial charge is 0.366 e. The first-order valence-electron chi connectivity index (χ1n) is 6.37. The van der Waals surface area contributed by atoms with Crippen LogP contribution in [-0.2, 0) is 0 Å². The number of nitrogens with zero attached hydrogens (tertiary/aromatic N) is 3. The minimum absolute atomic E-state index is 0.348. The quantitative estimate of drug-likeness (QED) is 0.875. The van der Waals surface area contributed by atoms with Crippen molar-refractivity contribution in [2.45, 2.75) is 13.8 Å². The predicted octanol–water partition coefficient (Wildman–Crippen LogP) is 2.66. The molecule has 104 valence electrons. The normalized spacial score (nSPS) is 11.8. The van der Waals surface area contributed by atoms with E-state index in [4.69, 9.17) is 5.73 Å². The second-order valence-corrected chi connectivity index (χ2v) is 4.45. The van der Waals surface area contributed by atoms with Crippen molar-refractivity contribution >= 4 is 28.6 Å². The highest BCUT2D eigenvalue weighted by atomic mass is 16.1. The van der Waals surface area contributed by atoms with Gasteiger partial charge >= 0.3 is 0 Å². The van der Waals surface area contributed by atoms with Gasteiger partial charge in [0.05, 0.1) is 22.3 Å². The smallest absolute Gasteiger partial charge is 0.249 e. The molecule has 0 unspecified atom stereocenters. The molecule has 1 aromatic carbocycles. The lowest BCUT2D eigenvalue weighted by atomic mass is 10.0. The van der Waals surface area contributed by atoms with E-state index in [1.54, 1.807) is 43.6 Å². The fraction of sp³-hybridized carbons (Fsp3) is 0.125. The number of aliphatic imine (C=N–C) groups is 1. The summed E-state index contributed by atoms with van der Waals surface area (Å²) in [6, 6.07) is 8.81. The minimum atomic E-state index is -0.550. The molecule has 0 atom stereocenters. The fourth-order valence-electron chi connectivity index (χ4n) is 2.00. The molecular formula is C16H14N4O. The molecule has 5 nitrogen and oxygen atoms in total. The number of primary amides is 1. The number of hydrogen-bond acceptors (Lipinski definition) is 4. The number of nitrogens with two attached hydrogens (primary N) is 1. The van der Waals surface area contributed by atoms with Gasteiger partial charge in [-0.3, -0.25) is 9.79 Å². The van der Waals surface area contributed by atoms with Crippen LogP contribution in [0, 0.1) is 11.3 Å². The lowest BCUT2D eigenvalue weighted by Gasteiger charge is -2.08. The molecule has 2 N–H and O–H groups in total. The van der Waals surface area contributed by atoms with Crippen molar-refractivity contribution in [1.29, 1.82) is 5.26 Å². The van der Waals surface area contributed by atoms with E-state index in [0.29, 0.717) is 27.7 Å². The maximum atomic E-state index is 11.7. The molecule has 1 amide bonds. The SMILES string of the molecule is CC=N/C=C(\C)c1cc(C(N)=O)c2cccc(C#N)c2n1. The number of carbonyl (C=O) groups excluding carboxylic acids is 1. The van der Waals surface area contributed by atoms with Gasteiger partial charge in [-0.1, -0.05) is 12.1 Å². The fourth-order valence-corrected chi connectivity index (χ4v) is 2.00. The van der Waals surface area contributed by atoms with Crippen molar-refractivity contribution in [3.8, 4) is 6.07 Å². The lowest BCUT2D eigenvalue weighted by molar-refractivity contribution is 0.100. The van der Waals surface area contributed by atoms with Crippen molar-refractivity contribution in [2.24, 2.45) is 10.7 Å². The Bertz CT molecular complexity index is 813. The van der Waals surface area contributed by atoms with E-state index in [1.165, 1.54) is 0 Å². The molecule has 0 aliphatic rings. The number of para-hydroxylation sites is 1. The highest BCUT2D eigenvalue weighted by molar-refractivity contribution is 6.07. The second-order valence-electron chi connectivity index (χ2n) is 4.45. The summed E-state index contributed by atoms with van der Waals surface area (Å²) < 4.78 is 0. The Labute approximate surface area is 122 Å². The van der Waals surface area contributed by atoms with Crippen LogP contribution in [-0.4, -0.2) is 17.1 Å². The van der Waals surface area contributed by atoms with Crippen LogP contribution in [0.5, 0.6) is 0 Å². The molecule has 0 bridgehead atoms. The van der Waals surface area contributed by atoms with Crippen molar-refractivity contribution in [3.05, 3.63) is 47.3 Å². The third kappa shape index (κ3) is 2.79. The zero-order valence-corrected chi connectivity index (χ0v) is 11.8. The zero-order chi connectivity index (χ0) is 15.4. The highest BCUT2D eigenvalue weighted by Gasteiger charge is 2.13. The molecular weight excluding hydrogens is 264 g/mol. The molecule has 0 saturated carbocycles. The van der Waals surface area contributed by atoms with Gasteiger partial charge in [0, 0.05) is 17.8 Å². The van der Waals surface area contributed by atoms with Crippen molar-refractivity contribution in [3.63, 3.8) is 0 Å². The average molecular weight is 278 g/mol. The number of nitriles is 1. The van der Waals surface area contributed by atoms with Crippen LogP contribution in [0.25, 0.3) is 16.5 Å². The molecule has 5 heteroatoms. The highest BCUT2D eigenvalue weighted by Crippen LogP contribution is 2.24. The summed E-state index contributed by atoms with van der Waals surface area (Å²) in [6.07, 6.45) is 3.30. The number of benzene rings is 1. The van der Waals surface area contributed by atoms with Crippen LogP contribution in [0.1, 0.15) is 35.5 Å². The Morgan fingerprint density at radius 3 is 2.86 bits per heavy atom. The predicted molar refractivity (Wildman–Crippen MR) is 82.8 cm³/mol. The summed E-state index contributed by atoms with van der Waals surface area (Å²) in [6.45, 7) is 3.64. The first-order chi connectivity index (χ1) is 10.1. The number of amides is 1.